The van der Waals surface area contributed by atoms with E-state index in [0.29, 0.717) is 16.5 Å². The van der Waals surface area contributed by atoms with Crippen molar-refractivity contribution in [2.75, 3.05) is 13.1 Å². The molecule has 1 fully saturated rings. The Bertz CT molecular complexity index is 493. The maximum absolute atomic E-state index is 12.4. The standard InChI is InChI=1S/C15H20ClNO2/c1-15(2,3)10-6-7-17(9-10)14(19)12-5-4-11(16)8-13(12)18/h4-5,8,10,18H,6-7,9H2,1-3H3. The second kappa shape index (κ2) is 5.04. The van der Waals surface area contributed by atoms with Crippen molar-refractivity contribution < 1.29 is 9.90 Å². The number of phenolic OH excluding ortho intramolecular Hbond substituents is 1. The van der Waals surface area contributed by atoms with Crippen LogP contribution in [-0.2, 0) is 0 Å². The van der Waals surface area contributed by atoms with Gasteiger partial charge < -0.3 is 10.0 Å². The molecule has 4 heteroatoms. The van der Waals surface area contributed by atoms with Crippen LogP contribution < -0.4 is 0 Å². The van der Waals surface area contributed by atoms with Crippen molar-refractivity contribution in [1.82, 2.24) is 4.90 Å². The number of carbonyl (C=O) groups excluding carboxylic acids is 1. The predicted octanol–water partition coefficient (Wildman–Crippen LogP) is 3.55. The van der Waals surface area contributed by atoms with Crippen molar-refractivity contribution in [2.45, 2.75) is 27.2 Å². The average Bonchev–Trinajstić information content (AvgIpc) is 2.76. The number of amides is 1. The molecule has 1 unspecified atom stereocenters. The van der Waals surface area contributed by atoms with Gasteiger partial charge in [-0.15, -0.1) is 0 Å². The van der Waals surface area contributed by atoms with E-state index in [2.05, 4.69) is 20.8 Å². The van der Waals surface area contributed by atoms with E-state index in [1.807, 2.05) is 4.90 Å². The summed E-state index contributed by atoms with van der Waals surface area (Å²) in [6, 6.07) is 4.63. The highest BCUT2D eigenvalue weighted by Crippen LogP contribution is 2.34. The fourth-order valence-electron chi connectivity index (χ4n) is 2.51. The van der Waals surface area contributed by atoms with Gasteiger partial charge in [0.1, 0.15) is 5.75 Å². The minimum atomic E-state index is -0.110. The van der Waals surface area contributed by atoms with Crippen molar-refractivity contribution in [1.29, 1.82) is 0 Å². The molecule has 1 heterocycles. The Labute approximate surface area is 119 Å². The number of rotatable bonds is 1. The lowest BCUT2D eigenvalue weighted by atomic mass is 9.80. The summed E-state index contributed by atoms with van der Waals surface area (Å²) in [5.41, 5.74) is 0.538. The Morgan fingerprint density at radius 1 is 1.42 bits per heavy atom. The Morgan fingerprint density at radius 2 is 2.11 bits per heavy atom. The van der Waals surface area contributed by atoms with Crippen LogP contribution in [0.3, 0.4) is 0 Å². The van der Waals surface area contributed by atoms with Gasteiger partial charge in [0, 0.05) is 18.1 Å². The van der Waals surface area contributed by atoms with Crippen molar-refractivity contribution in [2.24, 2.45) is 11.3 Å². The van der Waals surface area contributed by atoms with Gasteiger partial charge in [-0.05, 0) is 36.0 Å². The molecule has 0 aromatic heterocycles. The van der Waals surface area contributed by atoms with Crippen LogP contribution in [0.2, 0.25) is 5.02 Å². The Hall–Kier alpha value is -1.22. The van der Waals surface area contributed by atoms with Crippen LogP contribution in [0.25, 0.3) is 0 Å². The zero-order valence-corrected chi connectivity index (χ0v) is 12.4. The first kappa shape index (κ1) is 14.2. The summed E-state index contributed by atoms with van der Waals surface area (Å²) in [6.07, 6.45) is 1.02. The molecule has 1 saturated heterocycles. The van der Waals surface area contributed by atoms with E-state index in [4.69, 9.17) is 11.6 Å². The summed E-state index contributed by atoms with van der Waals surface area (Å²) in [5.74, 6) is 0.350. The first-order valence-electron chi connectivity index (χ1n) is 6.57. The Morgan fingerprint density at radius 3 is 2.63 bits per heavy atom. The topological polar surface area (TPSA) is 40.5 Å². The molecule has 0 spiro atoms. The molecular weight excluding hydrogens is 262 g/mol. The number of hydrogen-bond donors (Lipinski definition) is 1. The molecule has 19 heavy (non-hydrogen) atoms. The monoisotopic (exact) mass is 281 g/mol. The van der Waals surface area contributed by atoms with Crippen LogP contribution in [0.15, 0.2) is 18.2 Å². The van der Waals surface area contributed by atoms with Crippen LogP contribution >= 0.6 is 11.6 Å². The molecule has 1 amide bonds. The fraction of sp³-hybridized carbons (Fsp3) is 0.533. The zero-order chi connectivity index (χ0) is 14.2. The molecule has 1 aliphatic heterocycles. The second-order valence-corrected chi connectivity index (χ2v) is 6.70. The summed E-state index contributed by atoms with van der Waals surface area (Å²) >= 11 is 5.78. The smallest absolute Gasteiger partial charge is 0.257 e. The van der Waals surface area contributed by atoms with E-state index in [-0.39, 0.29) is 17.1 Å². The van der Waals surface area contributed by atoms with Gasteiger partial charge in [0.2, 0.25) is 0 Å². The normalized spacial score (nSPS) is 19.8. The third-order valence-corrected chi connectivity index (χ3v) is 4.13. The Balaban J connectivity index is 2.14. The van der Waals surface area contributed by atoms with Crippen molar-refractivity contribution in [3.63, 3.8) is 0 Å². The maximum Gasteiger partial charge on any atom is 0.257 e. The van der Waals surface area contributed by atoms with E-state index in [9.17, 15) is 9.90 Å². The number of nitrogens with zero attached hydrogens (tertiary/aromatic N) is 1. The Kier molecular flexibility index (Phi) is 3.77. The number of halogens is 1. The second-order valence-electron chi connectivity index (χ2n) is 6.26. The maximum atomic E-state index is 12.4. The van der Waals surface area contributed by atoms with Crippen LogP contribution in [-0.4, -0.2) is 29.0 Å². The number of likely N-dealkylation sites (tertiary alicyclic amines) is 1. The van der Waals surface area contributed by atoms with E-state index < -0.39 is 0 Å². The molecule has 0 aliphatic carbocycles. The van der Waals surface area contributed by atoms with Crippen LogP contribution in [0, 0.1) is 11.3 Å². The highest BCUT2D eigenvalue weighted by atomic mass is 35.5. The molecule has 1 N–H and O–H groups in total. The SMILES string of the molecule is CC(C)(C)C1CCN(C(=O)c2ccc(Cl)cc2O)C1. The zero-order valence-electron chi connectivity index (χ0n) is 11.6. The van der Waals surface area contributed by atoms with Crippen molar-refractivity contribution >= 4 is 17.5 Å². The predicted molar refractivity (Wildman–Crippen MR) is 76.6 cm³/mol. The van der Waals surface area contributed by atoms with Gasteiger partial charge in [0.15, 0.2) is 0 Å². The lowest BCUT2D eigenvalue weighted by Gasteiger charge is -2.27. The molecule has 0 radical (unpaired) electrons. The van der Waals surface area contributed by atoms with Gasteiger partial charge in [-0.2, -0.15) is 0 Å². The third-order valence-electron chi connectivity index (χ3n) is 3.89. The average molecular weight is 282 g/mol. The summed E-state index contributed by atoms with van der Waals surface area (Å²) in [7, 11) is 0. The van der Waals surface area contributed by atoms with Gasteiger partial charge in [0.05, 0.1) is 5.56 Å². The lowest BCUT2D eigenvalue weighted by molar-refractivity contribution is 0.0773. The molecule has 1 aromatic rings. The van der Waals surface area contributed by atoms with Gasteiger partial charge in [-0.25, -0.2) is 0 Å². The van der Waals surface area contributed by atoms with E-state index in [0.717, 1.165) is 19.5 Å². The summed E-state index contributed by atoms with van der Waals surface area (Å²) in [4.78, 5) is 14.2. The largest absolute Gasteiger partial charge is 0.507 e. The highest BCUT2D eigenvalue weighted by Gasteiger charge is 2.34. The van der Waals surface area contributed by atoms with Crippen molar-refractivity contribution in [3.8, 4) is 5.75 Å². The van der Waals surface area contributed by atoms with Crippen molar-refractivity contribution in [3.05, 3.63) is 28.8 Å². The minimum absolute atomic E-state index is 0.0447. The van der Waals surface area contributed by atoms with Gasteiger partial charge in [0.25, 0.3) is 5.91 Å². The first-order chi connectivity index (χ1) is 8.79. The van der Waals surface area contributed by atoms with E-state index in [1.54, 1.807) is 12.1 Å². The number of phenols is 1. The minimum Gasteiger partial charge on any atom is -0.507 e. The van der Waals surface area contributed by atoms with Gasteiger partial charge in [-0.3, -0.25) is 4.79 Å². The van der Waals surface area contributed by atoms with Gasteiger partial charge >= 0.3 is 0 Å². The van der Waals surface area contributed by atoms with Crippen LogP contribution in [0.5, 0.6) is 5.75 Å². The van der Waals surface area contributed by atoms with Crippen LogP contribution in [0.1, 0.15) is 37.6 Å². The number of aromatic hydroxyl groups is 1. The molecular formula is C15H20ClNO2. The quantitative estimate of drug-likeness (QED) is 0.855. The van der Waals surface area contributed by atoms with E-state index >= 15 is 0 Å². The molecule has 0 saturated carbocycles. The third kappa shape index (κ3) is 3.03. The fourth-order valence-corrected chi connectivity index (χ4v) is 2.67. The number of hydrogen-bond acceptors (Lipinski definition) is 2. The summed E-state index contributed by atoms with van der Waals surface area (Å²) < 4.78 is 0. The first-order valence-corrected chi connectivity index (χ1v) is 6.94. The molecule has 104 valence electrons. The van der Waals surface area contributed by atoms with Gasteiger partial charge in [-0.1, -0.05) is 32.4 Å². The lowest BCUT2D eigenvalue weighted by Crippen LogP contribution is -2.31. The molecule has 1 aliphatic rings. The summed E-state index contributed by atoms with van der Waals surface area (Å²) in [6.45, 7) is 8.11. The molecule has 1 aromatic carbocycles. The number of benzene rings is 1. The molecule has 0 bridgehead atoms. The van der Waals surface area contributed by atoms with E-state index in [1.165, 1.54) is 6.07 Å². The molecule has 1 atom stereocenters. The van der Waals surface area contributed by atoms with Crippen LogP contribution in [0.4, 0.5) is 0 Å². The number of carbonyl (C=O) groups is 1. The summed E-state index contributed by atoms with van der Waals surface area (Å²) in [5, 5.41) is 10.2. The molecule has 2 rings (SSSR count). The highest BCUT2D eigenvalue weighted by molar-refractivity contribution is 6.30. The molecule has 3 nitrogen and oxygen atoms in total.